The number of aryl methyl sites for hydroxylation is 1. The molecule has 1 atom stereocenters. The van der Waals surface area contributed by atoms with Crippen molar-refractivity contribution in [3.8, 4) is 0 Å². The number of nitrogens with zero attached hydrogens (tertiary/aromatic N) is 3. The summed E-state index contributed by atoms with van der Waals surface area (Å²) in [6.45, 7) is 5.28. The van der Waals surface area contributed by atoms with Crippen molar-refractivity contribution in [1.82, 2.24) is 15.0 Å². The van der Waals surface area contributed by atoms with Crippen LogP contribution < -0.4 is 0 Å². The highest BCUT2D eigenvalue weighted by atomic mass is 16.5. The van der Waals surface area contributed by atoms with Gasteiger partial charge in [0.05, 0.1) is 11.8 Å². The maximum Gasteiger partial charge on any atom is 0.135 e. The molecular formula is C9H17N3O2. The van der Waals surface area contributed by atoms with Gasteiger partial charge in [-0.2, -0.15) is 0 Å². The Morgan fingerprint density at radius 1 is 1.43 bits per heavy atom. The summed E-state index contributed by atoms with van der Waals surface area (Å²) in [5.74, 6) is 0. The second kappa shape index (κ2) is 3.33. The van der Waals surface area contributed by atoms with Crippen LogP contribution in [0.5, 0.6) is 0 Å². The molecule has 0 amide bonds. The largest absolute Gasteiger partial charge is 0.381 e. The lowest BCUT2D eigenvalue weighted by molar-refractivity contribution is -0.147. The molecule has 1 N–H and O–H groups in total. The molecule has 0 aliphatic carbocycles. The first kappa shape index (κ1) is 11.1. The highest BCUT2D eigenvalue weighted by molar-refractivity contribution is 5.11. The normalized spacial score (nSPS) is 16.7. The lowest BCUT2D eigenvalue weighted by Gasteiger charge is -2.37. The van der Waals surface area contributed by atoms with E-state index in [1.807, 2.05) is 13.8 Å². The Hall–Kier alpha value is -0.940. The van der Waals surface area contributed by atoms with Crippen molar-refractivity contribution in [3.63, 3.8) is 0 Å². The first-order valence-electron chi connectivity index (χ1n) is 4.45. The lowest BCUT2D eigenvalue weighted by Crippen LogP contribution is -2.46. The van der Waals surface area contributed by atoms with E-state index in [2.05, 4.69) is 10.3 Å². The van der Waals surface area contributed by atoms with Gasteiger partial charge in [0.15, 0.2) is 0 Å². The molecule has 14 heavy (non-hydrogen) atoms. The summed E-state index contributed by atoms with van der Waals surface area (Å²) in [6, 6.07) is 0. The van der Waals surface area contributed by atoms with Crippen molar-refractivity contribution in [3.05, 3.63) is 11.9 Å². The van der Waals surface area contributed by atoms with Gasteiger partial charge in [0.2, 0.25) is 0 Å². The summed E-state index contributed by atoms with van der Waals surface area (Å²) in [5, 5.41) is 18.0. The van der Waals surface area contributed by atoms with Gasteiger partial charge in [-0.15, -0.1) is 5.10 Å². The zero-order valence-corrected chi connectivity index (χ0v) is 9.27. The average Bonchev–Trinajstić information content (AvgIpc) is 2.52. The summed E-state index contributed by atoms with van der Waals surface area (Å²) in [4.78, 5) is 0. The van der Waals surface area contributed by atoms with Crippen molar-refractivity contribution in [1.29, 1.82) is 0 Å². The summed E-state index contributed by atoms with van der Waals surface area (Å²) in [5.41, 5.74) is -1.36. The van der Waals surface area contributed by atoms with Crippen LogP contribution in [0.3, 0.4) is 0 Å². The van der Waals surface area contributed by atoms with Gasteiger partial charge in [-0.3, -0.25) is 4.68 Å². The predicted octanol–water partition coefficient (Wildman–Crippen LogP) is 0.448. The molecule has 5 heteroatoms. The first-order chi connectivity index (χ1) is 6.31. The molecule has 0 aliphatic rings. The Kier molecular flexibility index (Phi) is 2.65. The molecule has 1 unspecified atom stereocenters. The van der Waals surface area contributed by atoms with Crippen LogP contribution in [0, 0.1) is 0 Å². The minimum absolute atomic E-state index is 0.506. The Bertz CT molecular complexity index is 318. The number of rotatable bonds is 3. The van der Waals surface area contributed by atoms with Crippen molar-refractivity contribution in [2.24, 2.45) is 7.05 Å². The second-order valence-electron chi connectivity index (χ2n) is 4.06. The molecule has 80 valence electrons. The lowest BCUT2D eigenvalue weighted by atomic mass is 9.85. The molecule has 0 spiro atoms. The quantitative estimate of drug-likeness (QED) is 0.767. The zero-order chi connectivity index (χ0) is 11.0. The SMILES string of the molecule is COC(C)(C)C(C)(O)c1cn(C)nn1. The maximum absolute atomic E-state index is 10.3. The van der Waals surface area contributed by atoms with E-state index in [9.17, 15) is 5.11 Å². The third kappa shape index (κ3) is 1.65. The molecule has 1 aromatic heterocycles. The minimum atomic E-state index is -1.16. The molecular weight excluding hydrogens is 182 g/mol. The highest BCUT2D eigenvalue weighted by Gasteiger charge is 2.43. The van der Waals surface area contributed by atoms with Crippen LogP contribution in [0.25, 0.3) is 0 Å². The Morgan fingerprint density at radius 3 is 2.36 bits per heavy atom. The molecule has 0 radical (unpaired) electrons. The monoisotopic (exact) mass is 199 g/mol. The van der Waals surface area contributed by atoms with Gasteiger partial charge in [-0.25, -0.2) is 0 Å². The molecule has 1 heterocycles. The molecule has 1 rings (SSSR count). The second-order valence-corrected chi connectivity index (χ2v) is 4.06. The van der Waals surface area contributed by atoms with Gasteiger partial charge < -0.3 is 9.84 Å². The van der Waals surface area contributed by atoms with E-state index in [4.69, 9.17) is 4.74 Å². The predicted molar refractivity (Wildman–Crippen MR) is 51.7 cm³/mol. The number of ether oxygens (including phenoxy) is 1. The molecule has 0 aromatic carbocycles. The molecule has 1 aromatic rings. The van der Waals surface area contributed by atoms with E-state index in [1.165, 1.54) is 0 Å². The standard InChI is InChI=1S/C9H17N3O2/c1-8(2,14-5)9(3,13)7-6-12(4)11-10-7/h6,13H,1-5H3. The topological polar surface area (TPSA) is 60.2 Å². The smallest absolute Gasteiger partial charge is 0.135 e. The van der Waals surface area contributed by atoms with E-state index in [1.54, 1.807) is 32.0 Å². The molecule has 0 aliphatic heterocycles. The van der Waals surface area contributed by atoms with Gasteiger partial charge >= 0.3 is 0 Å². The average molecular weight is 199 g/mol. The number of hydrogen-bond acceptors (Lipinski definition) is 4. The first-order valence-corrected chi connectivity index (χ1v) is 4.45. The Labute approximate surface area is 83.7 Å². The molecule has 0 fully saturated rings. The van der Waals surface area contributed by atoms with Crippen LogP contribution in [-0.2, 0) is 17.4 Å². The van der Waals surface area contributed by atoms with Crippen LogP contribution in [0.2, 0.25) is 0 Å². The number of aromatic nitrogens is 3. The number of methoxy groups -OCH3 is 1. The molecule has 5 nitrogen and oxygen atoms in total. The van der Waals surface area contributed by atoms with Crippen LogP contribution >= 0.6 is 0 Å². The van der Waals surface area contributed by atoms with Crippen molar-refractivity contribution >= 4 is 0 Å². The van der Waals surface area contributed by atoms with E-state index in [0.29, 0.717) is 5.69 Å². The summed E-state index contributed by atoms with van der Waals surface area (Å²) < 4.78 is 6.79. The van der Waals surface area contributed by atoms with E-state index < -0.39 is 11.2 Å². The Morgan fingerprint density at radius 2 is 2.00 bits per heavy atom. The van der Waals surface area contributed by atoms with Crippen LogP contribution in [0.15, 0.2) is 6.20 Å². The fourth-order valence-corrected chi connectivity index (χ4v) is 1.08. The number of aliphatic hydroxyl groups is 1. The van der Waals surface area contributed by atoms with Gasteiger partial charge in [0, 0.05) is 14.2 Å². The maximum atomic E-state index is 10.3. The third-order valence-electron chi connectivity index (χ3n) is 2.78. The summed E-state index contributed by atoms with van der Waals surface area (Å²) >= 11 is 0. The third-order valence-corrected chi connectivity index (χ3v) is 2.78. The van der Waals surface area contributed by atoms with Crippen molar-refractivity contribution in [2.45, 2.75) is 32.0 Å². The van der Waals surface area contributed by atoms with Crippen LogP contribution in [-0.4, -0.2) is 32.8 Å². The van der Waals surface area contributed by atoms with Crippen LogP contribution in [0.1, 0.15) is 26.5 Å². The molecule has 0 saturated carbocycles. The van der Waals surface area contributed by atoms with Gasteiger partial charge in [0.1, 0.15) is 11.3 Å². The molecule has 0 saturated heterocycles. The Balaban J connectivity index is 3.07. The zero-order valence-electron chi connectivity index (χ0n) is 9.27. The fraction of sp³-hybridized carbons (Fsp3) is 0.778. The van der Waals surface area contributed by atoms with Gasteiger partial charge in [-0.1, -0.05) is 5.21 Å². The van der Waals surface area contributed by atoms with Gasteiger partial charge in [0.25, 0.3) is 0 Å². The highest BCUT2D eigenvalue weighted by Crippen LogP contribution is 2.33. The summed E-state index contributed by atoms with van der Waals surface area (Å²) in [6.07, 6.45) is 1.68. The summed E-state index contributed by atoms with van der Waals surface area (Å²) in [7, 11) is 3.32. The van der Waals surface area contributed by atoms with Gasteiger partial charge in [-0.05, 0) is 20.8 Å². The molecule has 0 bridgehead atoms. The van der Waals surface area contributed by atoms with Crippen molar-refractivity contribution in [2.75, 3.05) is 7.11 Å². The van der Waals surface area contributed by atoms with E-state index in [-0.39, 0.29) is 0 Å². The van der Waals surface area contributed by atoms with Crippen molar-refractivity contribution < 1.29 is 9.84 Å². The van der Waals surface area contributed by atoms with E-state index >= 15 is 0 Å². The van der Waals surface area contributed by atoms with Crippen LogP contribution in [0.4, 0.5) is 0 Å². The van der Waals surface area contributed by atoms with E-state index in [0.717, 1.165) is 0 Å². The fourth-order valence-electron chi connectivity index (χ4n) is 1.08. The minimum Gasteiger partial charge on any atom is -0.381 e. The number of hydrogen-bond donors (Lipinski definition) is 1.